The number of aliphatic imine (C=N–C) groups is 2. The molecule has 0 heterocycles. The molecule has 1 N–H and O–H groups in total. The van der Waals surface area contributed by atoms with Crippen molar-refractivity contribution >= 4 is 12.4 Å². The molecule has 0 radical (unpaired) electrons. The summed E-state index contributed by atoms with van der Waals surface area (Å²) in [5.74, 6) is 1.10. The fourth-order valence-electron chi connectivity index (χ4n) is 2.87. The molecular formula is C31H34N2O2. The van der Waals surface area contributed by atoms with Gasteiger partial charge in [0, 0.05) is 36.6 Å². The van der Waals surface area contributed by atoms with Crippen LogP contribution in [0.25, 0.3) is 0 Å². The molecule has 0 saturated carbocycles. The van der Waals surface area contributed by atoms with Gasteiger partial charge >= 0.3 is 0 Å². The number of benzene rings is 4. The second kappa shape index (κ2) is 18.3. The summed E-state index contributed by atoms with van der Waals surface area (Å²) in [7, 11) is 1.66. The summed E-state index contributed by atoms with van der Waals surface area (Å²) in [6.45, 7) is 1.50. The second-order valence-electron chi connectivity index (χ2n) is 7.39. The summed E-state index contributed by atoms with van der Waals surface area (Å²) < 4.78 is 5.28. The van der Waals surface area contributed by atoms with Crippen molar-refractivity contribution in [3.05, 3.63) is 132 Å². The average molecular weight is 467 g/mol. The maximum absolute atomic E-state index is 9.61. The molecule has 0 unspecified atom stereocenters. The molecule has 180 valence electrons. The van der Waals surface area contributed by atoms with Crippen LogP contribution in [0, 0.1) is 0 Å². The summed E-state index contributed by atoms with van der Waals surface area (Å²) in [5.41, 5.74) is 1.74. The monoisotopic (exact) mass is 466 g/mol. The number of para-hydroxylation sites is 2. The lowest BCUT2D eigenvalue weighted by molar-refractivity contribution is 0.414. The highest BCUT2D eigenvalue weighted by atomic mass is 16.5. The number of aromatic hydroxyl groups is 1. The third-order valence-electron chi connectivity index (χ3n) is 4.69. The highest BCUT2D eigenvalue weighted by Gasteiger charge is 1.97. The molecule has 0 saturated heterocycles. The number of rotatable bonds is 8. The first kappa shape index (κ1) is 27.1. The Morgan fingerprint density at radius 1 is 0.571 bits per heavy atom. The standard InChI is InChI=1S/C19H22N2O2.2C6H6/c1-23-19-11-5-3-9-17(19)15-21-13-7-6-12-20-14-16-8-2-4-10-18(16)22;2*1-2-4-6-5-3-1/h2-5,8-11,14-15,22H,6-7,12-13H2,1H3;2*1-6H. The van der Waals surface area contributed by atoms with Crippen LogP contribution in [0.1, 0.15) is 24.0 Å². The summed E-state index contributed by atoms with van der Waals surface area (Å²) >= 11 is 0. The van der Waals surface area contributed by atoms with Crippen molar-refractivity contribution in [2.24, 2.45) is 9.98 Å². The van der Waals surface area contributed by atoms with Crippen molar-refractivity contribution in [2.45, 2.75) is 12.8 Å². The van der Waals surface area contributed by atoms with Crippen LogP contribution in [0.2, 0.25) is 0 Å². The van der Waals surface area contributed by atoms with E-state index in [1.165, 1.54) is 0 Å². The van der Waals surface area contributed by atoms with Crippen molar-refractivity contribution in [1.29, 1.82) is 0 Å². The zero-order chi connectivity index (χ0) is 24.8. The number of nitrogens with zero attached hydrogens (tertiary/aromatic N) is 2. The van der Waals surface area contributed by atoms with E-state index in [0.717, 1.165) is 42.8 Å². The lowest BCUT2D eigenvalue weighted by Gasteiger charge is -2.02. The molecule has 0 aliphatic carbocycles. The minimum atomic E-state index is 0.262. The molecule has 0 spiro atoms. The molecule has 0 atom stereocenters. The Kier molecular flexibility index (Phi) is 14.1. The zero-order valence-corrected chi connectivity index (χ0v) is 20.3. The lowest BCUT2D eigenvalue weighted by Crippen LogP contribution is -1.92. The predicted molar refractivity (Wildman–Crippen MR) is 148 cm³/mol. The van der Waals surface area contributed by atoms with Crippen LogP contribution >= 0.6 is 0 Å². The van der Waals surface area contributed by atoms with Gasteiger partial charge in [-0.1, -0.05) is 97.1 Å². The first-order valence-electron chi connectivity index (χ1n) is 11.7. The zero-order valence-electron chi connectivity index (χ0n) is 20.3. The molecule has 4 rings (SSSR count). The van der Waals surface area contributed by atoms with E-state index in [1.807, 2.05) is 115 Å². The van der Waals surface area contributed by atoms with Crippen molar-refractivity contribution in [1.82, 2.24) is 0 Å². The van der Waals surface area contributed by atoms with Gasteiger partial charge in [-0.25, -0.2) is 0 Å². The van der Waals surface area contributed by atoms with E-state index < -0.39 is 0 Å². The fraction of sp³-hybridized carbons (Fsp3) is 0.161. The number of hydrogen-bond acceptors (Lipinski definition) is 4. The Morgan fingerprint density at radius 2 is 0.971 bits per heavy atom. The number of ether oxygens (including phenoxy) is 1. The van der Waals surface area contributed by atoms with Gasteiger partial charge in [0.25, 0.3) is 0 Å². The summed E-state index contributed by atoms with van der Waals surface area (Å²) in [6.07, 6.45) is 5.51. The quantitative estimate of drug-likeness (QED) is 0.223. The van der Waals surface area contributed by atoms with Gasteiger partial charge in [-0.05, 0) is 37.1 Å². The third kappa shape index (κ3) is 12.6. The molecule has 35 heavy (non-hydrogen) atoms. The molecule has 0 bridgehead atoms. The largest absolute Gasteiger partial charge is 0.507 e. The van der Waals surface area contributed by atoms with Gasteiger partial charge < -0.3 is 9.84 Å². The van der Waals surface area contributed by atoms with Gasteiger partial charge in [-0.2, -0.15) is 0 Å². The van der Waals surface area contributed by atoms with Crippen molar-refractivity contribution in [2.75, 3.05) is 20.2 Å². The molecule has 4 aromatic carbocycles. The number of hydrogen-bond donors (Lipinski definition) is 1. The molecule has 4 nitrogen and oxygen atoms in total. The van der Waals surface area contributed by atoms with Crippen molar-refractivity contribution in [3.63, 3.8) is 0 Å². The van der Waals surface area contributed by atoms with Crippen LogP contribution in [-0.4, -0.2) is 37.7 Å². The van der Waals surface area contributed by atoms with Gasteiger partial charge in [0.2, 0.25) is 0 Å². The highest BCUT2D eigenvalue weighted by molar-refractivity contribution is 5.83. The summed E-state index contributed by atoms with van der Waals surface area (Å²) in [6, 6.07) is 39.0. The molecule has 0 fully saturated rings. The van der Waals surface area contributed by atoms with Gasteiger partial charge in [-0.15, -0.1) is 0 Å². The van der Waals surface area contributed by atoms with E-state index in [0.29, 0.717) is 0 Å². The number of phenolic OH excluding ortho intramolecular Hbond substituents is 1. The van der Waals surface area contributed by atoms with E-state index >= 15 is 0 Å². The van der Waals surface area contributed by atoms with E-state index in [-0.39, 0.29) is 5.75 Å². The minimum absolute atomic E-state index is 0.262. The van der Waals surface area contributed by atoms with E-state index in [2.05, 4.69) is 9.98 Å². The topological polar surface area (TPSA) is 54.2 Å². The van der Waals surface area contributed by atoms with Crippen LogP contribution in [-0.2, 0) is 0 Å². The summed E-state index contributed by atoms with van der Waals surface area (Å²) in [4.78, 5) is 8.75. The molecule has 0 aliphatic rings. The van der Waals surface area contributed by atoms with Gasteiger partial charge in [0.05, 0.1) is 7.11 Å². The van der Waals surface area contributed by atoms with Crippen LogP contribution in [0.4, 0.5) is 0 Å². The third-order valence-corrected chi connectivity index (χ3v) is 4.69. The van der Waals surface area contributed by atoms with Crippen molar-refractivity contribution < 1.29 is 9.84 Å². The SMILES string of the molecule is COc1ccccc1C=NCCCCN=Cc1ccccc1O.c1ccccc1.c1ccccc1. The van der Waals surface area contributed by atoms with Gasteiger partial charge in [0.1, 0.15) is 11.5 Å². The maximum atomic E-state index is 9.61. The summed E-state index contributed by atoms with van der Waals surface area (Å²) in [5, 5.41) is 9.61. The maximum Gasteiger partial charge on any atom is 0.127 e. The molecule has 4 aromatic rings. The Labute approximate surface area is 209 Å². The van der Waals surface area contributed by atoms with Crippen molar-refractivity contribution in [3.8, 4) is 11.5 Å². The normalized spacial score (nSPS) is 10.2. The minimum Gasteiger partial charge on any atom is -0.507 e. The first-order valence-corrected chi connectivity index (χ1v) is 11.7. The van der Waals surface area contributed by atoms with Gasteiger partial charge in [-0.3, -0.25) is 9.98 Å². The highest BCUT2D eigenvalue weighted by Crippen LogP contribution is 2.15. The number of methoxy groups -OCH3 is 1. The Bertz CT molecular complexity index is 1010. The van der Waals surface area contributed by atoms with Crippen LogP contribution < -0.4 is 4.74 Å². The molecule has 0 aromatic heterocycles. The molecule has 0 aliphatic heterocycles. The molecular weight excluding hydrogens is 432 g/mol. The average Bonchev–Trinajstić information content (AvgIpc) is 2.94. The number of phenols is 1. The molecule has 4 heteroatoms. The van der Waals surface area contributed by atoms with Gasteiger partial charge in [0.15, 0.2) is 0 Å². The smallest absolute Gasteiger partial charge is 0.127 e. The molecule has 0 amide bonds. The van der Waals surface area contributed by atoms with Crippen LogP contribution in [0.5, 0.6) is 11.5 Å². The Hall–Kier alpha value is -4.18. The van der Waals surface area contributed by atoms with Crippen LogP contribution in [0.3, 0.4) is 0 Å². The Morgan fingerprint density at radius 3 is 1.43 bits per heavy atom. The lowest BCUT2D eigenvalue weighted by atomic mass is 10.2. The van der Waals surface area contributed by atoms with E-state index in [4.69, 9.17) is 4.74 Å². The van der Waals surface area contributed by atoms with Crippen LogP contribution in [0.15, 0.2) is 131 Å². The predicted octanol–water partition coefficient (Wildman–Crippen LogP) is 7.09. The first-order chi connectivity index (χ1) is 17.3. The van der Waals surface area contributed by atoms with E-state index in [9.17, 15) is 5.11 Å². The van der Waals surface area contributed by atoms with E-state index in [1.54, 1.807) is 25.5 Å². The Balaban J connectivity index is 0.000000290. The number of unbranched alkanes of at least 4 members (excludes halogenated alkanes) is 1. The fourth-order valence-corrected chi connectivity index (χ4v) is 2.87. The second-order valence-corrected chi connectivity index (χ2v) is 7.39.